The predicted molar refractivity (Wildman–Crippen MR) is 171 cm³/mol. The minimum atomic E-state index is -0.737. The van der Waals surface area contributed by atoms with Crippen LogP contribution in [0.1, 0.15) is 80.0 Å². The maximum Gasteiger partial charge on any atom is 0.303 e. The molecule has 9 nitrogen and oxygen atoms in total. The number of amides is 1. The summed E-state index contributed by atoms with van der Waals surface area (Å²) in [5.41, 5.74) is 1.71. The van der Waals surface area contributed by atoms with E-state index >= 15 is 0 Å². The van der Waals surface area contributed by atoms with Crippen LogP contribution in [0.3, 0.4) is 0 Å². The number of nitriles is 1. The number of hydrogen-bond acceptors (Lipinski definition) is 8. The average Bonchev–Trinajstić information content (AvgIpc) is 3.24. The molecule has 0 aliphatic carbocycles. The fourth-order valence-corrected chi connectivity index (χ4v) is 6.09. The Kier molecular flexibility index (Phi) is 12.6. The topological polar surface area (TPSA) is 125 Å². The van der Waals surface area contributed by atoms with Gasteiger partial charge in [0.15, 0.2) is 0 Å². The van der Waals surface area contributed by atoms with Crippen LogP contribution in [-0.4, -0.2) is 44.4 Å². The number of anilines is 1. The molecule has 0 atom stereocenters. The van der Waals surface area contributed by atoms with Gasteiger partial charge in [0.25, 0.3) is 11.5 Å². The van der Waals surface area contributed by atoms with Gasteiger partial charge in [-0.2, -0.15) is 5.26 Å². The van der Waals surface area contributed by atoms with Gasteiger partial charge in [0, 0.05) is 32.1 Å². The molecule has 2 heterocycles. The van der Waals surface area contributed by atoms with Gasteiger partial charge in [0.1, 0.15) is 27.5 Å². The lowest BCUT2D eigenvalue weighted by Crippen LogP contribution is -2.29. The van der Waals surface area contributed by atoms with Crippen molar-refractivity contribution < 1.29 is 19.4 Å². The van der Waals surface area contributed by atoms with Crippen LogP contribution in [0.5, 0.6) is 5.75 Å². The lowest BCUT2D eigenvalue weighted by molar-refractivity contribution is -0.137. The SMILES string of the molecule is COc1ccc(CNc2c(/C=C3/SC(=S)N(CCCCCCCCCCC(=O)O)C3=O)c(C)c(C#N)c(=O)n2C)cc1. The second-order valence-corrected chi connectivity index (χ2v) is 11.9. The van der Waals surface area contributed by atoms with Crippen LogP contribution in [0.2, 0.25) is 0 Å². The van der Waals surface area contributed by atoms with Crippen molar-refractivity contribution in [2.75, 3.05) is 19.0 Å². The maximum atomic E-state index is 13.3. The Morgan fingerprint density at radius 3 is 2.31 bits per heavy atom. The van der Waals surface area contributed by atoms with E-state index in [2.05, 4.69) is 5.32 Å². The first-order valence-electron chi connectivity index (χ1n) is 14.2. The van der Waals surface area contributed by atoms with Crippen molar-refractivity contribution in [3.63, 3.8) is 0 Å². The van der Waals surface area contributed by atoms with Crippen molar-refractivity contribution in [2.45, 2.75) is 71.3 Å². The summed E-state index contributed by atoms with van der Waals surface area (Å²) in [7, 11) is 3.21. The number of benzene rings is 1. The van der Waals surface area contributed by atoms with E-state index in [-0.39, 0.29) is 17.9 Å². The van der Waals surface area contributed by atoms with Crippen molar-refractivity contribution in [1.82, 2.24) is 9.47 Å². The van der Waals surface area contributed by atoms with Gasteiger partial charge in [-0.1, -0.05) is 74.6 Å². The molecule has 42 heavy (non-hydrogen) atoms. The third-order valence-corrected chi connectivity index (χ3v) is 8.67. The number of aliphatic carboxylic acids is 1. The van der Waals surface area contributed by atoms with E-state index in [0.29, 0.717) is 39.3 Å². The van der Waals surface area contributed by atoms with Gasteiger partial charge in [0.05, 0.1) is 12.0 Å². The number of carbonyl (C=O) groups excluding carboxylic acids is 1. The number of unbranched alkanes of at least 4 members (excludes halogenated alkanes) is 7. The lowest BCUT2D eigenvalue weighted by atomic mass is 10.0. The number of ether oxygens (including phenoxy) is 1. The Morgan fingerprint density at radius 2 is 1.71 bits per heavy atom. The van der Waals surface area contributed by atoms with Crippen LogP contribution >= 0.6 is 24.0 Å². The number of carboxylic acids is 1. The molecule has 11 heteroatoms. The molecule has 0 bridgehead atoms. The minimum Gasteiger partial charge on any atom is -0.497 e. The Balaban J connectivity index is 1.67. The largest absolute Gasteiger partial charge is 0.497 e. The Bertz CT molecular complexity index is 1430. The van der Waals surface area contributed by atoms with Crippen LogP contribution in [0.4, 0.5) is 5.82 Å². The van der Waals surface area contributed by atoms with Gasteiger partial charge >= 0.3 is 5.97 Å². The van der Waals surface area contributed by atoms with Crippen LogP contribution in [0.15, 0.2) is 34.0 Å². The second kappa shape index (κ2) is 16.1. The summed E-state index contributed by atoms with van der Waals surface area (Å²) in [5, 5.41) is 21.7. The van der Waals surface area contributed by atoms with E-state index in [1.165, 1.54) is 16.3 Å². The molecule has 2 aromatic rings. The number of thiocarbonyl (C=S) groups is 1. The van der Waals surface area contributed by atoms with E-state index in [1.807, 2.05) is 30.3 Å². The number of pyridine rings is 1. The van der Waals surface area contributed by atoms with Crippen molar-refractivity contribution >= 4 is 52.1 Å². The maximum absolute atomic E-state index is 13.3. The number of thioether (sulfide) groups is 1. The number of hydrogen-bond donors (Lipinski definition) is 2. The van der Waals surface area contributed by atoms with Crippen LogP contribution < -0.4 is 15.6 Å². The van der Waals surface area contributed by atoms with E-state index in [1.54, 1.807) is 32.1 Å². The molecule has 1 aromatic heterocycles. The quantitative estimate of drug-likeness (QED) is 0.134. The lowest BCUT2D eigenvalue weighted by Gasteiger charge is -2.18. The zero-order valence-corrected chi connectivity index (χ0v) is 26.0. The molecule has 0 saturated carbocycles. The van der Waals surface area contributed by atoms with Crippen molar-refractivity contribution in [1.29, 1.82) is 5.26 Å². The normalized spacial score (nSPS) is 14.0. The summed E-state index contributed by atoms with van der Waals surface area (Å²) in [6.07, 6.45) is 9.74. The molecule has 1 saturated heterocycles. The first-order valence-corrected chi connectivity index (χ1v) is 15.4. The van der Waals surface area contributed by atoms with Gasteiger partial charge < -0.3 is 15.2 Å². The molecule has 224 valence electrons. The average molecular weight is 611 g/mol. The molecule has 1 aliphatic rings. The molecule has 0 radical (unpaired) electrons. The second-order valence-electron chi connectivity index (χ2n) is 10.2. The molecule has 1 fully saturated rings. The Labute approximate surface area is 256 Å². The Hall–Kier alpha value is -3.62. The number of carboxylic acid groups (broad SMARTS) is 1. The van der Waals surface area contributed by atoms with Crippen molar-refractivity contribution in [3.8, 4) is 11.8 Å². The summed E-state index contributed by atoms with van der Waals surface area (Å²) < 4.78 is 7.14. The highest BCUT2D eigenvalue weighted by Gasteiger charge is 2.32. The Morgan fingerprint density at radius 1 is 1.10 bits per heavy atom. The number of aromatic nitrogens is 1. The summed E-state index contributed by atoms with van der Waals surface area (Å²) in [6.45, 7) is 2.68. The predicted octanol–water partition coefficient (Wildman–Crippen LogP) is 5.98. The third kappa shape index (κ3) is 8.69. The standard InChI is InChI=1S/C31H38N4O5S2/c1-21-24(28(34(2)29(38)25(21)19-32)33-20-22-13-15-23(40-3)16-14-22)18-26-30(39)35(31(41)42-26)17-11-9-7-5-4-6-8-10-12-27(36)37/h13-16,18,33H,4-12,17,20H2,1-3H3,(H,36,37)/b26-18+. The summed E-state index contributed by atoms with van der Waals surface area (Å²) in [5.74, 6) is 0.351. The van der Waals surface area contributed by atoms with E-state index < -0.39 is 11.5 Å². The zero-order chi connectivity index (χ0) is 30.6. The van der Waals surface area contributed by atoms with Gasteiger partial charge in [-0.25, -0.2) is 0 Å². The summed E-state index contributed by atoms with van der Waals surface area (Å²) in [4.78, 5) is 38.9. The minimum absolute atomic E-state index is 0.0381. The highest BCUT2D eigenvalue weighted by atomic mass is 32.2. The molecular formula is C31H38N4O5S2. The first-order chi connectivity index (χ1) is 20.2. The van der Waals surface area contributed by atoms with Gasteiger partial charge in [-0.05, 0) is 49.1 Å². The van der Waals surface area contributed by atoms with E-state index in [0.717, 1.165) is 62.7 Å². The van der Waals surface area contributed by atoms with Crippen molar-refractivity contribution in [2.24, 2.45) is 7.05 Å². The third-order valence-electron chi connectivity index (χ3n) is 7.29. The summed E-state index contributed by atoms with van der Waals surface area (Å²) in [6, 6.07) is 9.59. The van der Waals surface area contributed by atoms with Crippen LogP contribution in [-0.2, 0) is 23.2 Å². The first kappa shape index (κ1) is 32.9. The number of nitrogens with one attached hydrogen (secondary N) is 1. The smallest absolute Gasteiger partial charge is 0.303 e. The molecule has 0 spiro atoms. The molecule has 1 amide bonds. The monoisotopic (exact) mass is 610 g/mol. The molecule has 0 unspecified atom stereocenters. The van der Waals surface area contributed by atoms with Crippen molar-refractivity contribution in [3.05, 3.63) is 61.8 Å². The van der Waals surface area contributed by atoms with Crippen LogP contribution in [0, 0.1) is 18.3 Å². The summed E-state index contributed by atoms with van der Waals surface area (Å²) >= 11 is 6.77. The van der Waals surface area contributed by atoms with E-state index in [4.69, 9.17) is 22.1 Å². The van der Waals surface area contributed by atoms with Gasteiger partial charge in [-0.3, -0.25) is 23.9 Å². The fourth-order valence-electron chi connectivity index (χ4n) is 4.80. The van der Waals surface area contributed by atoms with Gasteiger partial charge in [-0.15, -0.1) is 0 Å². The molecule has 3 rings (SSSR count). The number of nitrogens with zero attached hydrogens (tertiary/aromatic N) is 3. The number of methoxy groups -OCH3 is 1. The van der Waals surface area contributed by atoms with E-state index in [9.17, 15) is 19.6 Å². The molecule has 1 aromatic carbocycles. The fraction of sp³-hybridized carbons (Fsp3) is 0.452. The molecular weight excluding hydrogens is 572 g/mol. The zero-order valence-electron chi connectivity index (χ0n) is 24.4. The van der Waals surface area contributed by atoms with Crippen LogP contribution in [0.25, 0.3) is 6.08 Å². The number of carbonyl (C=O) groups is 2. The highest BCUT2D eigenvalue weighted by molar-refractivity contribution is 8.26. The molecule has 1 aliphatic heterocycles. The number of rotatable bonds is 16. The van der Waals surface area contributed by atoms with Gasteiger partial charge in [0.2, 0.25) is 0 Å². The molecule has 2 N–H and O–H groups in total. The highest BCUT2D eigenvalue weighted by Crippen LogP contribution is 2.35.